The first kappa shape index (κ1) is 13.0. The largest absolute Gasteiger partial charge is 0.435 e. The van der Waals surface area contributed by atoms with E-state index >= 15 is 0 Å². The van der Waals surface area contributed by atoms with Crippen LogP contribution >= 0.6 is 0 Å². The molecule has 0 aliphatic rings. The predicted molar refractivity (Wildman–Crippen MR) is 70.7 cm³/mol. The molecule has 0 aliphatic heterocycles. The molecule has 0 amide bonds. The van der Waals surface area contributed by atoms with Gasteiger partial charge in [-0.1, -0.05) is 0 Å². The number of carbonyl (C=O) groups excluding carboxylic acids is 1. The first-order valence-electron chi connectivity index (χ1n) is 5.96. The number of carbonyl (C=O) groups is 1. The summed E-state index contributed by atoms with van der Waals surface area (Å²) < 4.78 is 6.94. The van der Waals surface area contributed by atoms with Crippen molar-refractivity contribution < 1.29 is 9.53 Å². The summed E-state index contributed by atoms with van der Waals surface area (Å²) >= 11 is 0. The molecule has 1 aromatic heterocycles. The number of hydrogen-bond donors (Lipinski definition) is 0. The van der Waals surface area contributed by atoms with Gasteiger partial charge in [0.05, 0.1) is 0 Å². The number of rotatable bonds is 4. The Bertz CT molecular complexity index is 644. The van der Waals surface area contributed by atoms with E-state index in [-0.39, 0.29) is 17.2 Å². The molecule has 2 aromatic rings. The van der Waals surface area contributed by atoms with Crippen molar-refractivity contribution >= 4 is 5.78 Å². The summed E-state index contributed by atoms with van der Waals surface area (Å²) in [4.78, 5) is 27.0. The summed E-state index contributed by atoms with van der Waals surface area (Å²) in [5.41, 5.74) is 0.319. The fraction of sp³-hybridized carbons (Fsp3) is 0.214. The second-order valence-corrected chi connectivity index (χ2v) is 4.01. The average Bonchev–Trinajstić information content (AvgIpc) is 2.42. The van der Waals surface area contributed by atoms with Gasteiger partial charge in [-0.2, -0.15) is 0 Å². The number of nitrogens with zero attached hydrogens (tertiary/aromatic N) is 2. The molecule has 0 aliphatic carbocycles. The lowest BCUT2D eigenvalue weighted by Crippen LogP contribution is -2.20. The van der Waals surface area contributed by atoms with Crippen LogP contribution in [0.15, 0.2) is 41.5 Å². The van der Waals surface area contributed by atoms with Gasteiger partial charge < -0.3 is 9.30 Å². The highest BCUT2D eigenvalue weighted by Gasteiger charge is 2.07. The molecule has 2 rings (SSSR count). The Morgan fingerprint density at radius 1 is 1.32 bits per heavy atom. The van der Waals surface area contributed by atoms with E-state index in [9.17, 15) is 9.59 Å². The molecule has 19 heavy (non-hydrogen) atoms. The second-order valence-electron chi connectivity index (χ2n) is 4.01. The molecule has 0 saturated heterocycles. The minimum absolute atomic E-state index is 0.0160. The molecule has 1 aromatic carbocycles. The molecule has 0 radical (unpaired) electrons. The zero-order chi connectivity index (χ0) is 13.8. The summed E-state index contributed by atoms with van der Waals surface area (Å²) in [7, 11) is 0. The van der Waals surface area contributed by atoms with E-state index < -0.39 is 0 Å². The van der Waals surface area contributed by atoms with Crippen LogP contribution in [0.4, 0.5) is 0 Å². The quantitative estimate of drug-likeness (QED) is 0.789. The maximum Gasteiger partial charge on any atom is 0.313 e. The van der Waals surface area contributed by atoms with Crippen molar-refractivity contribution in [1.82, 2.24) is 9.55 Å². The predicted octanol–water partition coefficient (Wildman–Crippen LogP) is 2.26. The highest BCUT2D eigenvalue weighted by atomic mass is 16.5. The Labute approximate surface area is 110 Å². The number of aryl methyl sites for hydroxylation is 1. The van der Waals surface area contributed by atoms with Crippen molar-refractivity contribution in [3.8, 4) is 11.6 Å². The van der Waals surface area contributed by atoms with Crippen molar-refractivity contribution in [2.24, 2.45) is 0 Å². The fourth-order valence-electron chi connectivity index (χ4n) is 1.62. The van der Waals surface area contributed by atoms with Gasteiger partial charge in [-0.25, -0.2) is 4.98 Å². The summed E-state index contributed by atoms with van der Waals surface area (Å²) in [6.45, 7) is 3.92. The SMILES string of the molecule is CCn1ccnc(Oc2ccc(C(C)=O)cc2)c1=O. The third-order valence-electron chi connectivity index (χ3n) is 2.70. The monoisotopic (exact) mass is 258 g/mol. The average molecular weight is 258 g/mol. The normalized spacial score (nSPS) is 10.2. The molecule has 5 nitrogen and oxygen atoms in total. The van der Waals surface area contributed by atoms with Gasteiger partial charge in [-0.05, 0) is 38.1 Å². The van der Waals surface area contributed by atoms with Gasteiger partial charge in [0.15, 0.2) is 5.78 Å². The van der Waals surface area contributed by atoms with Crippen LogP contribution in [0, 0.1) is 0 Å². The zero-order valence-corrected chi connectivity index (χ0v) is 10.8. The molecule has 0 spiro atoms. The van der Waals surface area contributed by atoms with Crippen LogP contribution in [0.2, 0.25) is 0 Å². The number of hydrogen-bond acceptors (Lipinski definition) is 4. The number of benzene rings is 1. The van der Waals surface area contributed by atoms with Gasteiger partial charge in [0.25, 0.3) is 5.88 Å². The Morgan fingerprint density at radius 3 is 2.58 bits per heavy atom. The molecule has 0 fully saturated rings. The van der Waals surface area contributed by atoms with Crippen LogP contribution in [-0.2, 0) is 6.54 Å². The van der Waals surface area contributed by atoms with Crippen molar-refractivity contribution in [2.75, 3.05) is 0 Å². The minimum Gasteiger partial charge on any atom is -0.435 e. The topological polar surface area (TPSA) is 61.2 Å². The smallest absolute Gasteiger partial charge is 0.313 e. The number of ether oxygens (including phenoxy) is 1. The summed E-state index contributed by atoms with van der Waals surface area (Å²) in [6, 6.07) is 6.58. The Hall–Kier alpha value is -2.43. The Morgan fingerprint density at radius 2 is 2.00 bits per heavy atom. The van der Waals surface area contributed by atoms with Crippen LogP contribution in [0.5, 0.6) is 11.6 Å². The number of aromatic nitrogens is 2. The van der Waals surface area contributed by atoms with Crippen LogP contribution in [0.1, 0.15) is 24.2 Å². The van der Waals surface area contributed by atoms with E-state index in [1.807, 2.05) is 6.92 Å². The molecule has 0 N–H and O–H groups in total. The molecule has 5 heteroatoms. The van der Waals surface area contributed by atoms with Gasteiger partial charge in [-0.15, -0.1) is 0 Å². The van der Waals surface area contributed by atoms with Crippen molar-refractivity contribution in [3.63, 3.8) is 0 Å². The second kappa shape index (κ2) is 5.48. The van der Waals surface area contributed by atoms with Gasteiger partial charge in [0.1, 0.15) is 5.75 Å². The highest BCUT2D eigenvalue weighted by Crippen LogP contribution is 2.17. The van der Waals surface area contributed by atoms with Gasteiger partial charge >= 0.3 is 5.56 Å². The van der Waals surface area contributed by atoms with E-state index in [0.29, 0.717) is 17.9 Å². The number of ketones is 1. The molecule has 0 atom stereocenters. The lowest BCUT2D eigenvalue weighted by Gasteiger charge is -2.06. The molecule has 0 saturated carbocycles. The van der Waals surface area contributed by atoms with E-state index in [1.165, 1.54) is 17.7 Å². The molecule has 98 valence electrons. The van der Waals surface area contributed by atoms with E-state index in [4.69, 9.17) is 4.74 Å². The van der Waals surface area contributed by atoms with Crippen LogP contribution in [0.3, 0.4) is 0 Å². The Balaban J connectivity index is 2.26. The number of Topliss-reactive ketones (excluding diaryl/α,β-unsaturated/α-hetero) is 1. The molecular formula is C14H14N2O3. The van der Waals surface area contributed by atoms with E-state index in [1.54, 1.807) is 30.5 Å². The third-order valence-corrected chi connectivity index (χ3v) is 2.70. The Kier molecular flexibility index (Phi) is 3.75. The maximum atomic E-state index is 11.9. The maximum absolute atomic E-state index is 11.9. The first-order chi connectivity index (χ1) is 9.11. The van der Waals surface area contributed by atoms with Gasteiger partial charge in [0.2, 0.25) is 0 Å². The van der Waals surface area contributed by atoms with E-state index in [2.05, 4.69) is 4.98 Å². The zero-order valence-electron chi connectivity index (χ0n) is 10.8. The lowest BCUT2D eigenvalue weighted by molar-refractivity contribution is 0.101. The van der Waals surface area contributed by atoms with E-state index in [0.717, 1.165) is 0 Å². The molecule has 0 bridgehead atoms. The van der Waals surface area contributed by atoms with Crippen LogP contribution in [0.25, 0.3) is 0 Å². The summed E-state index contributed by atoms with van der Waals surface area (Å²) in [5, 5.41) is 0. The molecule has 1 heterocycles. The third kappa shape index (κ3) is 2.88. The minimum atomic E-state index is -0.277. The standard InChI is InChI=1S/C14H14N2O3/c1-3-16-9-8-15-13(14(16)18)19-12-6-4-11(5-7-12)10(2)17/h4-9H,3H2,1-2H3. The van der Waals surface area contributed by atoms with Gasteiger partial charge in [-0.3, -0.25) is 9.59 Å². The van der Waals surface area contributed by atoms with Crippen molar-refractivity contribution in [3.05, 3.63) is 52.6 Å². The van der Waals surface area contributed by atoms with Crippen molar-refractivity contribution in [1.29, 1.82) is 0 Å². The molecular weight excluding hydrogens is 244 g/mol. The van der Waals surface area contributed by atoms with Gasteiger partial charge in [0, 0.05) is 24.5 Å². The summed E-state index contributed by atoms with van der Waals surface area (Å²) in [6.07, 6.45) is 3.12. The van der Waals surface area contributed by atoms with Crippen LogP contribution < -0.4 is 10.3 Å². The molecule has 0 unspecified atom stereocenters. The fourth-order valence-corrected chi connectivity index (χ4v) is 1.62. The first-order valence-corrected chi connectivity index (χ1v) is 5.96. The lowest BCUT2D eigenvalue weighted by atomic mass is 10.1. The summed E-state index contributed by atoms with van der Waals surface area (Å²) in [5.74, 6) is 0.487. The van der Waals surface area contributed by atoms with Crippen LogP contribution in [-0.4, -0.2) is 15.3 Å². The highest BCUT2D eigenvalue weighted by molar-refractivity contribution is 5.94. The van der Waals surface area contributed by atoms with Crippen molar-refractivity contribution in [2.45, 2.75) is 20.4 Å².